The molecule has 0 amide bonds. The van der Waals surface area contributed by atoms with Gasteiger partial charge in [-0.2, -0.15) is 0 Å². The lowest BCUT2D eigenvalue weighted by atomic mass is 10.2. The Balaban J connectivity index is 3.52. The molecule has 0 aliphatic carbocycles. The molecule has 2 nitrogen and oxygen atoms in total. The monoisotopic (exact) mass is 185 g/mol. The molecule has 0 spiro atoms. The van der Waals surface area contributed by atoms with Gasteiger partial charge >= 0.3 is 0 Å². The van der Waals surface area contributed by atoms with Crippen LogP contribution in [0, 0.1) is 5.92 Å². The van der Waals surface area contributed by atoms with Crippen molar-refractivity contribution in [1.29, 1.82) is 0 Å². The van der Waals surface area contributed by atoms with Crippen LogP contribution in [0.4, 0.5) is 8.78 Å². The molecular formula is C6H13F2NOS. The summed E-state index contributed by atoms with van der Waals surface area (Å²) >= 11 is 0. The van der Waals surface area contributed by atoms with Crippen LogP contribution in [0.3, 0.4) is 0 Å². The van der Waals surface area contributed by atoms with E-state index in [1.807, 2.05) is 0 Å². The lowest BCUT2D eigenvalue weighted by Crippen LogP contribution is -2.20. The van der Waals surface area contributed by atoms with Crippen LogP contribution in [0.5, 0.6) is 0 Å². The van der Waals surface area contributed by atoms with Crippen LogP contribution in [0.1, 0.15) is 6.92 Å². The fraction of sp³-hybridized carbons (Fsp3) is 1.00. The van der Waals surface area contributed by atoms with Crippen LogP contribution in [0.25, 0.3) is 0 Å². The lowest BCUT2D eigenvalue weighted by Gasteiger charge is -2.06. The highest BCUT2D eigenvalue weighted by Crippen LogP contribution is 2.00. The number of halogens is 2. The summed E-state index contributed by atoms with van der Waals surface area (Å²) in [5.74, 6) is -0.180. The average Bonchev–Trinajstić information content (AvgIpc) is 1.85. The third-order valence-corrected chi connectivity index (χ3v) is 2.75. The van der Waals surface area contributed by atoms with Gasteiger partial charge in [-0.05, 0) is 12.5 Å². The molecule has 0 aliphatic heterocycles. The first kappa shape index (κ1) is 11.0. The minimum Gasteiger partial charge on any atom is -0.330 e. The van der Waals surface area contributed by atoms with Gasteiger partial charge in [-0.25, -0.2) is 8.78 Å². The summed E-state index contributed by atoms with van der Waals surface area (Å²) in [6.07, 6.45) is -2.47. The average molecular weight is 185 g/mol. The van der Waals surface area contributed by atoms with Gasteiger partial charge in [-0.15, -0.1) is 0 Å². The third-order valence-electron chi connectivity index (χ3n) is 1.18. The highest BCUT2D eigenvalue weighted by molar-refractivity contribution is 7.85. The van der Waals surface area contributed by atoms with Crippen LogP contribution in [0.15, 0.2) is 0 Å². The van der Waals surface area contributed by atoms with Crippen LogP contribution < -0.4 is 5.73 Å². The zero-order valence-electron chi connectivity index (χ0n) is 6.43. The van der Waals surface area contributed by atoms with Gasteiger partial charge in [0.25, 0.3) is 0 Å². The molecule has 0 bridgehead atoms. The topological polar surface area (TPSA) is 43.1 Å². The van der Waals surface area contributed by atoms with Gasteiger partial charge in [0.2, 0.25) is 6.43 Å². The first-order chi connectivity index (χ1) is 5.06. The maximum absolute atomic E-state index is 11.6. The van der Waals surface area contributed by atoms with Crippen molar-refractivity contribution >= 4 is 10.8 Å². The van der Waals surface area contributed by atoms with E-state index >= 15 is 0 Å². The van der Waals surface area contributed by atoms with Crippen molar-refractivity contribution in [2.45, 2.75) is 13.3 Å². The second-order valence-corrected chi connectivity index (χ2v) is 4.05. The Hall–Kier alpha value is -0.0300. The third kappa shape index (κ3) is 6.37. The van der Waals surface area contributed by atoms with Crippen molar-refractivity contribution in [2.75, 3.05) is 18.1 Å². The smallest absolute Gasteiger partial charge is 0.250 e. The van der Waals surface area contributed by atoms with E-state index in [2.05, 4.69) is 0 Å². The van der Waals surface area contributed by atoms with Gasteiger partial charge in [-0.3, -0.25) is 4.21 Å². The molecule has 0 aromatic heterocycles. The molecule has 2 N–H and O–H groups in total. The van der Waals surface area contributed by atoms with Crippen molar-refractivity contribution in [3.8, 4) is 0 Å². The predicted octanol–water partition coefficient (Wildman–Crippen LogP) is 0.595. The SMILES string of the molecule is CC(CN)CS(=O)CC(F)F. The molecule has 0 rings (SSSR count). The molecule has 0 radical (unpaired) electrons. The number of hydrogen-bond donors (Lipinski definition) is 1. The first-order valence-electron chi connectivity index (χ1n) is 3.39. The zero-order chi connectivity index (χ0) is 8.85. The molecule has 0 heterocycles. The van der Waals surface area contributed by atoms with E-state index < -0.39 is 23.0 Å². The number of alkyl halides is 2. The molecule has 2 atom stereocenters. The molecule has 0 saturated carbocycles. The van der Waals surface area contributed by atoms with Crippen molar-refractivity contribution in [1.82, 2.24) is 0 Å². The minimum absolute atomic E-state index is 0.0644. The van der Waals surface area contributed by atoms with Crippen LogP contribution >= 0.6 is 0 Å². The predicted molar refractivity (Wildman–Crippen MR) is 42.1 cm³/mol. The summed E-state index contributed by atoms with van der Waals surface area (Å²) in [6, 6.07) is 0. The van der Waals surface area contributed by atoms with Gasteiger partial charge in [-0.1, -0.05) is 6.92 Å². The van der Waals surface area contributed by atoms with Crippen molar-refractivity contribution in [2.24, 2.45) is 11.7 Å². The van der Waals surface area contributed by atoms with Crippen molar-refractivity contribution in [3.63, 3.8) is 0 Å². The molecule has 68 valence electrons. The lowest BCUT2D eigenvalue weighted by molar-refractivity contribution is 0.175. The quantitative estimate of drug-likeness (QED) is 0.681. The summed E-state index contributed by atoms with van der Waals surface area (Å²) in [4.78, 5) is 0. The van der Waals surface area contributed by atoms with E-state index in [9.17, 15) is 13.0 Å². The Labute approximate surface area is 67.6 Å². The molecule has 0 aromatic rings. The Bertz CT molecular complexity index is 132. The number of nitrogens with two attached hydrogens (primary N) is 1. The highest BCUT2D eigenvalue weighted by Gasteiger charge is 2.11. The highest BCUT2D eigenvalue weighted by atomic mass is 32.2. The number of hydrogen-bond acceptors (Lipinski definition) is 2. The van der Waals surface area contributed by atoms with E-state index in [1.165, 1.54) is 0 Å². The summed E-state index contributed by atoms with van der Waals surface area (Å²) < 4.78 is 34.0. The molecule has 0 aromatic carbocycles. The van der Waals surface area contributed by atoms with Crippen LogP contribution in [-0.2, 0) is 10.8 Å². The van der Waals surface area contributed by atoms with E-state index in [4.69, 9.17) is 5.73 Å². The second-order valence-electron chi connectivity index (χ2n) is 2.51. The summed E-state index contributed by atoms with van der Waals surface area (Å²) in [5, 5.41) is 0. The van der Waals surface area contributed by atoms with Crippen molar-refractivity contribution in [3.05, 3.63) is 0 Å². The largest absolute Gasteiger partial charge is 0.330 e. The normalized spacial score (nSPS) is 16.8. The summed E-state index contributed by atoms with van der Waals surface area (Å²) in [6.45, 7) is 2.19. The van der Waals surface area contributed by atoms with Crippen LogP contribution in [0.2, 0.25) is 0 Å². The standard InChI is InChI=1S/C6H13F2NOS/c1-5(2-9)3-11(10)4-6(7)8/h5-6H,2-4,9H2,1H3. The summed E-state index contributed by atoms with van der Waals surface area (Å²) in [5.41, 5.74) is 5.23. The Morgan fingerprint density at radius 3 is 2.36 bits per heavy atom. The Morgan fingerprint density at radius 1 is 1.45 bits per heavy atom. The first-order valence-corrected chi connectivity index (χ1v) is 4.88. The molecule has 0 aliphatic rings. The molecule has 0 saturated heterocycles. The van der Waals surface area contributed by atoms with Gasteiger partial charge in [0.05, 0.1) is 5.75 Å². The zero-order valence-corrected chi connectivity index (χ0v) is 7.24. The van der Waals surface area contributed by atoms with Gasteiger partial charge in [0.1, 0.15) is 0 Å². The molecular weight excluding hydrogens is 172 g/mol. The fourth-order valence-corrected chi connectivity index (χ4v) is 1.78. The molecule has 0 fully saturated rings. The summed E-state index contributed by atoms with van der Waals surface area (Å²) in [7, 11) is -1.41. The molecule has 2 unspecified atom stereocenters. The fourth-order valence-electron chi connectivity index (χ4n) is 0.594. The van der Waals surface area contributed by atoms with E-state index in [-0.39, 0.29) is 11.7 Å². The second kappa shape index (κ2) is 5.60. The number of rotatable bonds is 5. The minimum atomic E-state index is -2.47. The Kier molecular flexibility index (Phi) is 5.58. The maximum Gasteiger partial charge on any atom is 0.250 e. The molecule has 11 heavy (non-hydrogen) atoms. The Morgan fingerprint density at radius 2 is 2.00 bits per heavy atom. The van der Waals surface area contributed by atoms with Gasteiger partial charge in [0.15, 0.2) is 0 Å². The van der Waals surface area contributed by atoms with Gasteiger partial charge < -0.3 is 5.73 Å². The molecule has 5 heteroatoms. The van der Waals surface area contributed by atoms with E-state index in [0.717, 1.165) is 0 Å². The van der Waals surface area contributed by atoms with E-state index in [0.29, 0.717) is 6.54 Å². The van der Waals surface area contributed by atoms with Crippen LogP contribution in [-0.4, -0.2) is 28.7 Å². The van der Waals surface area contributed by atoms with Crippen molar-refractivity contribution < 1.29 is 13.0 Å². The van der Waals surface area contributed by atoms with E-state index in [1.54, 1.807) is 6.92 Å². The van der Waals surface area contributed by atoms with Gasteiger partial charge in [0, 0.05) is 16.6 Å². The maximum atomic E-state index is 11.6.